The Bertz CT molecular complexity index is 1120. The summed E-state index contributed by atoms with van der Waals surface area (Å²) in [7, 11) is 1.61. The minimum atomic E-state index is -0.281. The summed E-state index contributed by atoms with van der Waals surface area (Å²) in [6.45, 7) is 1.86. The fraction of sp³-hybridized carbons (Fsp3) is 0.100. The predicted octanol–water partition coefficient (Wildman–Crippen LogP) is 3.59. The van der Waals surface area contributed by atoms with Crippen LogP contribution in [0.2, 0.25) is 0 Å². The number of H-pyrrole nitrogens is 1. The van der Waals surface area contributed by atoms with Gasteiger partial charge in [0.2, 0.25) is 5.95 Å². The first kappa shape index (κ1) is 16.7. The van der Waals surface area contributed by atoms with Gasteiger partial charge in [-0.05, 0) is 43.3 Å². The molecule has 0 unspecified atom stereocenters. The quantitative estimate of drug-likeness (QED) is 0.581. The number of aromatic amines is 1. The van der Waals surface area contributed by atoms with Crippen molar-refractivity contribution in [3.63, 3.8) is 0 Å². The van der Waals surface area contributed by atoms with E-state index >= 15 is 0 Å². The molecule has 4 aromatic rings. The van der Waals surface area contributed by atoms with Crippen LogP contribution >= 0.6 is 0 Å². The van der Waals surface area contributed by atoms with E-state index in [1.54, 1.807) is 13.2 Å². The second kappa shape index (κ2) is 6.87. The second-order valence-electron chi connectivity index (χ2n) is 6.02. The van der Waals surface area contributed by atoms with Gasteiger partial charge in [0.25, 0.3) is 5.91 Å². The van der Waals surface area contributed by atoms with E-state index in [4.69, 9.17) is 4.74 Å². The minimum absolute atomic E-state index is 0.212. The van der Waals surface area contributed by atoms with E-state index < -0.39 is 0 Å². The molecule has 27 heavy (non-hydrogen) atoms. The summed E-state index contributed by atoms with van der Waals surface area (Å²) in [5, 5.41) is 10.5. The Morgan fingerprint density at radius 1 is 1.07 bits per heavy atom. The number of carbonyl (C=O) groups excluding carboxylic acids is 1. The van der Waals surface area contributed by atoms with Crippen molar-refractivity contribution in [3.05, 3.63) is 65.9 Å². The molecule has 0 saturated heterocycles. The highest BCUT2D eigenvalue weighted by Crippen LogP contribution is 2.21. The van der Waals surface area contributed by atoms with Crippen LogP contribution in [0.3, 0.4) is 0 Å². The molecule has 1 amide bonds. The number of hydrogen-bond donors (Lipinski definition) is 2. The van der Waals surface area contributed by atoms with Crippen LogP contribution in [0.25, 0.3) is 22.3 Å². The highest BCUT2D eigenvalue weighted by molar-refractivity contribution is 6.11. The molecular formula is C20H17N5O2. The zero-order valence-corrected chi connectivity index (χ0v) is 14.9. The average molecular weight is 359 g/mol. The molecule has 0 aliphatic carbocycles. The summed E-state index contributed by atoms with van der Waals surface area (Å²) in [6.07, 6.45) is 0. The lowest BCUT2D eigenvalue weighted by molar-refractivity contribution is 0.102. The van der Waals surface area contributed by atoms with Crippen LogP contribution in [-0.2, 0) is 0 Å². The van der Waals surface area contributed by atoms with E-state index in [0.717, 1.165) is 27.9 Å². The molecule has 134 valence electrons. The molecule has 7 nitrogen and oxygen atoms in total. The minimum Gasteiger partial charge on any atom is -0.497 e. The highest BCUT2D eigenvalue weighted by atomic mass is 16.5. The third kappa shape index (κ3) is 3.35. The number of aryl methyl sites for hydroxylation is 1. The molecule has 0 aliphatic heterocycles. The number of pyridine rings is 1. The number of rotatable bonds is 4. The van der Waals surface area contributed by atoms with Gasteiger partial charge in [-0.15, -0.1) is 5.10 Å². The Kier molecular flexibility index (Phi) is 4.25. The molecule has 0 saturated carbocycles. The van der Waals surface area contributed by atoms with Gasteiger partial charge in [-0.1, -0.05) is 18.2 Å². The van der Waals surface area contributed by atoms with Crippen LogP contribution in [0.1, 0.15) is 16.1 Å². The molecule has 2 aromatic heterocycles. The Labute approximate surface area is 155 Å². The Morgan fingerprint density at radius 3 is 2.63 bits per heavy atom. The van der Waals surface area contributed by atoms with Gasteiger partial charge in [-0.3, -0.25) is 20.2 Å². The fourth-order valence-electron chi connectivity index (χ4n) is 2.86. The van der Waals surface area contributed by atoms with E-state index in [-0.39, 0.29) is 11.9 Å². The number of amides is 1. The van der Waals surface area contributed by atoms with Gasteiger partial charge in [0.15, 0.2) is 5.82 Å². The maximum Gasteiger partial charge on any atom is 0.258 e. The zero-order valence-electron chi connectivity index (χ0n) is 14.9. The number of para-hydroxylation sites is 1. The number of carbonyl (C=O) groups is 1. The molecule has 2 heterocycles. The van der Waals surface area contributed by atoms with Gasteiger partial charge >= 0.3 is 0 Å². The molecule has 2 N–H and O–H groups in total. The van der Waals surface area contributed by atoms with Crippen molar-refractivity contribution in [1.82, 2.24) is 20.2 Å². The number of anilines is 1. The summed E-state index contributed by atoms with van der Waals surface area (Å²) < 4.78 is 5.15. The Hall–Kier alpha value is -3.74. The van der Waals surface area contributed by atoms with Crippen molar-refractivity contribution in [2.24, 2.45) is 0 Å². The molecule has 0 aliphatic rings. The smallest absolute Gasteiger partial charge is 0.258 e. The molecule has 0 atom stereocenters. The lowest BCUT2D eigenvalue weighted by atomic mass is 10.1. The van der Waals surface area contributed by atoms with Gasteiger partial charge < -0.3 is 4.74 Å². The third-order valence-corrected chi connectivity index (χ3v) is 4.16. The molecule has 4 rings (SSSR count). The SMILES string of the molecule is COc1ccc(-c2nc(NC(=O)c3cc(C)nc4ccccc34)n[nH]2)cc1. The molecule has 2 aromatic carbocycles. The van der Waals surface area contributed by atoms with Crippen molar-refractivity contribution in [2.75, 3.05) is 12.4 Å². The van der Waals surface area contributed by atoms with Crippen molar-refractivity contribution in [2.45, 2.75) is 6.92 Å². The Balaban J connectivity index is 1.60. The topological polar surface area (TPSA) is 92.8 Å². The number of hydrogen-bond acceptors (Lipinski definition) is 5. The number of ether oxygens (including phenoxy) is 1. The van der Waals surface area contributed by atoms with Crippen molar-refractivity contribution >= 4 is 22.8 Å². The average Bonchev–Trinajstić information content (AvgIpc) is 3.15. The van der Waals surface area contributed by atoms with Crippen LogP contribution in [0, 0.1) is 6.92 Å². The van der Waals surface area contributed by atoms with E-state index in [1.807, 2.05) is 55.5 Å². The predicted molar refractivity (Wildman–Crippen MR) is 103 cm³/mol. The number of methoxy groups -OCH3 is 1. The molecule has 7 heteroatoms. The van der Waals surface area contributed by atoms with Crippen molar-refractivity contribution in [1.29, 1.82) is 0 Å². The lowest BCUT2D eigenvalue weighted by Crippen LogP contribution is -2.14. The first-order valence-corrected chi connectivity index (χ1v) is 8.38. The van der Waals surface area contributed by atoms with Gasteiger partial charge in [0.05, 0.1) is 18.2 Å². The van der Waals surface area contributed by atoms with Gasteiger partial charge in [0, 0.05) is 16.6 Å². The Morgan fingerprint density at radius 2 is 1.85 bits per heavy atom. The number of aromatic nitrogens is 4. The van der Waals surface area contributed by atoms with E-state index in [9.17, 15) is 4.79 Å². The van der Waals surface area contributed by atoms with E-state index in [1.165, 1.54) is 0 Å². The number of fused-ring (bicyclic) bond motifs is 1. The van der Waals surface area contributed by atoms with Crippen LogP contribution in [0.15, 0.2) is 54.6 Å². The maximum absolute atomic E-state index is 12.8. The summed E-state index contributed by atoms with van der Waals surface area (Å²) >= 11 is 0. The molecule has 0 spiro atoms. The molecule has 0 radical (unpaired) electrons. The summed E-state index contributed by atoms with van der Waals surface area (Å²) in [5.41, 5.74) is 2.92. The van der Waals surface area contributed by atoms with E-state index in [2.05, 4.69) is 25.5 Å². The number of benzene rings is 2. The van der Waals surface area contributed by atoms with Crippen LogP contribution in [0.5, 0.6) is 5.75 Å². The lowest BCUT2D eigenvalue weighted by Gasteiger charge is -2.07. The number of nitrogens with one attached hydrogen (secondary N) is 2. The van der Waals surface area contributed by atoms with E-state index in [0.29, 0.717) is 11.4 Å². The van der Waals surface area contributed by atoms with Crippen molar-refractivity contribution in [3.8, 4) is 17.1 Å². The fourth-order valence-corrected chi connectivity index (χ4v) is 2.86. The number of nitrogens with zero attached hydrogens (tertiary/aromatic N) is 3. The molecule has 0 fully saturated rings. The standard InChI is InChI=1S/C20H17N5O2/c1-12-11-16(15-5-3-4-6-17(15)21-12)19(26)23-20-22-18(24-25-20)13-7-9-14(27-2)10-8-13/h3-11H,1-2H3,(H2,22,23,24,25,26). The maximum atomic E-state index is 12.8. The highest BCUT2D eigenvalue weighted by Gasteiger charge is 2.14. The van der Waals surface area contributed by atoms with Crippen molar-refractivity contribution < 1.29 is 9.53 Å². The summed E-state index contributed by atoms with van der Waals surface area (Å²) in [5.74, 6) is 1.25. The van der Waals surface area contributed by atoms with Gasteiger partial charge in [-0.2, -0.15) is 4.98 Å². The largest absolute Gasteiger partial charge is 0.497 e. The molecule has 0 bridgehead atoms. The van der Waals surface area contributed by atoms with Crippen LogP contribution in [-0.4, -0.2) is 33.2 Å². The van der Waals surface area contributed by atoms with Gasteiger partial charge in [-0.25, -0.2) is 0 Å². The van der Waals surface area contributed by atoms with Gasteiger partial charge in [0.1, 0.15) is 5.75 Å². The van der Waals surface area contributed by atoms with Crippen LogP contribution in [0.4, 0.5) is 5.95 Å². The first-order chi connectivity index (χ1) is 13.1. The monoisotopic (exact) mass is 359 g/mol. The summed E-state index contributed by atoms with van der Waals surface area (Å²) in [6, 6.07) is 16.7. The normalized spacial score (nSPS) is 10.7. The molecular weight excluding hydrogens is 342 g/mol. The first-order valence-electron chi connectivity index (χ1n) is 8.38. The second-order valence-corrected chi connectivity index (χ2v) is 6.02. The van der Waals surface area contributed by atoms with Crippen LogP contribution < -0.4 is 10.1 Å². The zero-order chi connectivity index (χ0) is 18.8. The third-order valence-electron chi connectivity index (χ3n) is 4.16. The summed E-state index contributed by atoms with van der Waals surface area (Å²) in [4.78, 5) is 21.6.